The first-order valence-corrected chi connectivity index (χ1v) is 7.01. The normalized spacial score (nSPS) is 15.2. The molecule has 0 atom stereocenters. The number of ether oxygens (including phenoxy) is 2. The molecule has 1 aliphatic rings. The number of hydrogen-bond acceptors (Lipinski definition) is 8. The molecule has 2 aromatic heterocycles. The topological polar surface area (TPSA) is 103 Å². The highest BCUT2D eigenvalue weighted by Crippen LogP contribution is 2.26. The second-order valence-electron chi connectivity index (χ2n) is 4.76. The van der Waals surface area contributed by atoms with Gasteiger partial charge in [-0.15, -0.1) is 0 Å². The fourth-order valence-electron chi connectivity index (χ4n) is 2.29. The SMILES string of the molecule is COCCNC(=O)c1noc2ncnc(N3CCOCC3)c12. The second-order valence-corrected chi connectivity index (χ2v) is 4.76. The van der Waals surface area contributed by atoms with E-state index < -0.39 is 0 Å². The maximum absolute atomic E-state index is 12.2. The maximum Gasteiger partial charge on any atom is 0.274 e. The first-order chi connectivity index (χ1) is 10.8. The summed E-state index contributed by atoms with van der Waals surface area (Å²) >= 11 is 0. The molecule has 1 aliphatic heterocycles. The summed E-state index contributed by atoms with van der Waals surface area (Å²) in [5.41, 5.74) is 0.488. The van der Waals surface area contributed by atoms with E-state index >= 15 is 0 Å². The average Bonchev–Trinajstić information content (AvgIpc) is 3.00. The molecule has 0 saturated carbocycles. The fraction of sp³-hybridized carbons (Fsp3) is 0.538. The third-order valence-electron chi connectivity index (χ3n) is 3.37. The van der Waals surface area contributed by atoms with Gasteiger partial charge >= 0.3 is 0 Å². The van der Waals surface area contributed by atoms with Crippen LogP contribution in [0.5, 0.6) is 0 Å². The first-order valence-electron chi connectivity index (χ1n) is 7.01. The second kappa shape index (κ2) is 6.67. The number of carbonyl (C=O) groups excluding carboxylic acids is 1. The summed E-state index contributed by atoms with van der Waals surface area (Å²) < 4.78 is 15.4. The minimum atomic E-state index is -0.333. The Labute approximate surface area is 126 Å². The van der Waals surface area contributed by atoms with Gasteiger partial charge in [0.1, 0.15) is 17.5 Å². The van der Waals surface area contributed by atoms with E-state index in [1.165, 1.54) is 6.33 Å². The van der Waals surface area contributed by atoms with E-state index in [0.29, 0.717) is 56.4 Å². The zero-order valence-corrected chi connectivity index (χ0v) is 12.2. The number of fused-ring (bicyclic) bond motifs is 1. The lowest BCUT2D eigenvalue weighted by Gasteiger charge is -2.27. The highest BCUT2D eigenvalue weighted by Gasteiger charge is 2.24. The van der Waals surface area contributed by atoms with Gasteiger partial charge in [0.25, 0.3) is 11.6 Å². The van der Waals surface area contributed by atoms with Crippen LogP contribution in [-0.2, 0) is 9.47 Å². The van der Waals surface area contributed by atoms with Crippen LogP contribution < -0.4 is 10.2 Å². The highest BCUT2D eigenvalue weighted by atomic mass is 16.5. The zero-order valence-electron chi connectivity index (χ0n) is 12.2. The van der Waals surface area contributed by atoms with Gasteiger partial charge in [0.2, 0.25) is 0 Å². The van der Waals surface area contributed by atoms with Crippen LogP contribution in [0, 0.1) is 0 Å². The maximum atomic E-state index is 12.2. The van der Waals surface area contributed by atoms with Crippen molar-refractivity contribution in [3.8, 4) is 0 Å². The minimum Gasteiger partial charge on any atom is -0.383 e. The molecular weight excluding hydrogens is 290 g/mol. The van der Waals surface area contributed by atoms with Crippen LogP contribution in [0.15, 0.2) is 10.9 Å². The minimum absolute atomic E-state index is 0.188. The number of rotatable bonds is 5. The van der Waals surface area contributed by atoms with Crippen molar-refractivity contribution in [1.82, 2.24) is 20.4 Å². The predicted molar refractivity (Wildman–Crippen MR) is 76.8 cm³/mol. The van der Waals surface area contributed by atoms with Crippen molar-refractivity contribution < 1.29 is 18.8 Å². The van der Waals surface area contributed by atoms with Crippen LogP contribution in [0.25, 0.3) is 11.1 Å². The Morgan fingerprint density at radius 1 is 1.41 bits per heavy atom. The molecule has 22 heavy (non-hydrogen) atoms. The molecule has 3 rings (SSSR count). The Morgan fingerprint density at radius 2 is 2.23 bits per heavy atom. The number of morpholine rings is 1. The summed E-state index contributed by atoms with van der Waals surface area (Å²) in [4.78, 5) is 22.6. The lowest BCUT2D eigenvalue weighted by Crippen LogP contribution is -2.37. The van der Waals surface area contributed by atoms with Gasteiger partial charge in [0.15, 0.2) is 5.69 Å². The summed E-state index contributed by atoms with van der Waals surface area (Å²) in [5, 5.41) is 7.09. The van der Waals surface area contributed by atoms with Crippen molar-refractivity contribution in [2.24, 2.45) is 0 Å². The Morgan fingerprint density at radius 3 is 3.00 bits per heavy atom. The quantitative estimate of drug-likeness (QED) is 0.760. The van der Waals surface area contributed by atoms with Crippen LogP contribution in [0.4, 0.5) is 5.82 Å². The summed E-state index contributed by atoms with van der Waals surface area (Å²) in [6.07, 6.45) is 1.41. The van der Waals surface area contributed by atoms with Crippen LogP contribution >= 0.6 is 0 Å². The standard InChI is InChI=1S/C13H17N5O4/c1-20-5-2-14-12(19)10-9-11(18-3-6-21-7-4-18)15-8-16-13(9)22-17-10/h8H,2-7H2,1H3,(H,14,19). The van der Waals surface area contributed by atoms with Gasteiger partial charge in [-0.1, -0.05) is 5.16 Å². The molecule has 0 bridgehead atoms. The Kier molecular flexibility index (Phi) is 4.45. The Balaban J connectivity index is 1.92. The molecular formula is C13H17N5O4. The number of amides is 1. The summed E-state index contributed by atoms with van der Waals surface area (Å²) in [6, 6.07) is 0. The molecule has 3 heterocycles. The van der Waals surface area contributed by atoms with Gasteiger partial charge in [-0.05, 0) is 0 Å². The van der Waals surface area contributed by atoms with Crippen LogP contribution in [0.2, 0.25) is 0 Å². The monoisotopic (exact) mass is 307 g/mol. The summed E-state index contributed by atoms with van der Waals surface area (Å²) in [7, 11) is 1.57. The molecule has 1 N–H and O–H groups in total. The molecule has 2 aromatic rings. The molecule has 0 radical (unpaired) electrons. The van der Waals surface area contributed by atoms with Gasteiger partial charge < -0.3 is 24.2 Å². The lowest BCUT2D eigenvalue weighted by atomic mass is 10.2. The van der Waals surface area contributed by atoms with Crippen LogP contribution in [0.1, 0.15) is 10.5 Å². The molecule has 1 saturated heterocycles. The molecule has 1 fully saturated rings. The number of anilines is 1. The molecule has 0 unspecified atom stereocenters. The molecule has 0 aliphatic carbocycles. The Bertz CT molecular complexity index is 653. The third kappa shape index (κ3) is 2.85. The number of nitrogens with one attached hydrogen (secondary N) is 1. The smallest absolute Gasteiger partial charge is 0.274 e. The van der Waals surface area contributed by atoms with E-state index in [9.17, 15) is 4.79 Å². The fourth-order valence-corrected chi connectivity index (χ4v) is 2.29. The number of nitrogens with zero attached hydrogens (tertiary/aromatic N) is 4. The van der Waals surface area contributed by atoms with E-state index in [4.69, 9.17) is 14.0 Å². The summed E-state index contributed by atoms with van der Waals surface area (Å²) in [5.74, 6) is 0.312. The van der Waals surface area contributed by atoms with Crippen molar-refractivity contribution in [2.45, 2.75) is 0 Å². The number of aromatic nitrogens is 3. The predicted octanol–water partition coefficient (Wildman–Crippen LogP) is -0.169. The van der Waals surface area contributed by atoms with E-state index in [-0.39, 0.29) is 11.6 Å². The van der Waals surface area contributed by atoms with Crippen molar-refractivity contribution in [2.75, 3.05) is 51.5 Å². The van der Waals surface area contributed by atoms with Crippen molar-refractivity contribution in [1.29, 1.82) is 0 Å². The van der Waals surface area contributed by atoms with Gasteiger partial charge in [-0.25, -0.2) is 4.98 Å². The zero-order chi connectivity index (χ0) is 15.4. The average molecular weight is 307 g/mol. The van der Waals surface area contributed by atoms with Crippen LogP contribution in [-0.4, -0.2) is 67.6 Å². The number of carbonyl (C=O) groups is 1. The molecule has 0 aromatic carbocycles. The molecule has 9 heteroatoms. The number of hydrogen-bond donors (Lipinski definition) is 1. The summed E-state index contributed by atoms with van der Waals surface area (Å²) in [6.45, 7) is 3.45. The number of methoxy groups -OCH3 is 1. The van der Waals surface area contributed by atoms with E-state index in [0.717, 1.165) is 0 Å². The van der Waals surface area contributed by atoms with E-state index in [1.807, 2.05) is 4.90 Å². The van der Waals surface area contributed by atoms with Gasteiger partial charge in [0.05, 0.1) is 19.8 Å². The molecule has 1 amide bonds. The van der Waals surface area contributed by atoms with Gasteiger partial charge in [0, 0.05) is 26.7 Å². The highest BCUT2D eigenvalue weighted by molar-refractivity contribution is 6.07. The van der Waals surface area contributed by atoms with Crippen LogP contribution in [0.3, 0.4) is 0 Å². The Hall–Kier alpha value is -2.26. The first kappa shape index (κ1) is 14.7. The van der Waals surface area contributed by atoms with Gasteiger partial charge in [-0.2, -0.15) is 4.98 Å². The molecule has 0 spiro atoms. The van der Waals surface area contributed by atoms with Crippen molar-refractivity contribution in [3.63, 3.8) is 0 Å². The van der Waals surface area contributed by atoms with Crippen molar-refractivity contribution in [3.05, 3.63) is 12.0 Å². The third-order valence-corrected chi connectivity index (χ3v) is 3.37. The van der Waals surface area contributed by atoms with E-state index in [1.54, 1.807) is 7.11 Å². The largest absolute Gasteiger partial charge is 0.383 e. The lowest BCUT2D eigenvalue weighted by molar-refractivity contribution is 0.0929. The van der Waals surface area contributed by atoms with Gasteiger partial charge in [-0.3, -0.25) is 4.79 Å². The molecule has 9 nitrogen and oxygen atoms in total. The molecule has 118 valence electrons. The van der Waals surface area contributed by atoms with E-state index in [2.05, 4.69) is 20.4 Å². The van der Waals surface area contributed by atoms with Crippen molar-refractivity contribution >= 4 is 22.8 Å².